The van der Waals surface area contributed by atoms with Gasteiger partial charge >= 0.3 is 6.03 Å². The maximum absolute atomic E-state index is 13.2. The minimum absolute atomic E-state index is 0.0235. The maximum atomic E-state index is 13.2. The zero-order chi connectivity index (χ0) is 14.8. The monoisotopic (exact) mass is 308 g/mol. The third-order valence-corrected chi connectivity index (χ3v) is 4.05. The van der Waals surface area contributed by atoms with Gasteiger partial charge in [-0.2, -0.15) is 0 Å². The fraction of sp³-hybridized carbons (Fsp3) is 0.364. The van der Waals surface area contributed by atoms with Gasteiger partial charge in [0.25, 0.3) is 10.0 Å². The van der Waals surface area contributed by atoms with E-state index in [1.807, 2.05) is 0 Å². The van der Waals surface area contributed by atoms with Crippen LogP contribution in [-0.4, -0.2) is 20.5 Å². The van der Waals surface area contributed by atoms with Crippen LogP contribution in [-0.2, 0) is 10.0 Å². The number of halogens is 2. The summed E-state index contributed by atoms with van der Waals surface area (Å²) in [5.74, 6) is -0.791. The highest BCUT2D eigenvalue weighted by Gasteiger charge is 2.22. The number of carbonyl (C=O) groups is 1. The summed E-state index contributed by atoms with van der Waals surface area (Å²) in [6.45, 7) is 4.78. The van der Waals surface area contributed by atoms with Crippen LogP contribution in [0.3, 0.4) is 0 Å². The summed E-state index contributed by atoms with van der Waals surface area (Å²) < 4.78 is 38.9. The Morgan fingerprint density at radius 3 is 2.47 bits per heavy atom. The van der Waals surface area contributed by atoms with Gasteiger partial charge in [-0.05, 0) is 38.5 Å². The molecule has 0 spiro atoms. The first-order chi connectivity index (χ1) is 8.63. The van der Waals surface area contributed by atoms with Crippen LogP contribution in [0.4, 0.5) is 9.18 Å². The number of rotatable bonds is 3. The van der Waals surface area contributed by atoms with Gasteiger partial charge in [0, 0.05) is 11.1 Å². The van der Waals surface area contributed by atoms with Crippen molar-refractivity contribution in [3.05, 3.63) is 28.5 Å². The number of sulfonamides is 1. The van der Waals surface area contributed by atoms with Crippen LogP contribution in [0, 0.1) is 12.7 Å². The van der Waals surface area contributed by atoms with E-state index >= 15 is 0 Å². The number of hydrogen-bond donors (Lipinski definition) is 2. The molecule has 0 aliphatic heterocycles. The molecule has 0 bridgehead atoms. The number of benzene rings is 1. The summed E-state index contributed by atoms with van der Waals surface area (Å²) in [7, 11) is -4.17. The number of amides is 2. The number of carbonyl (C=O) groups excluding carboxylic acids is 1. The van der Waals surface area contributed by atoms with Crippen molar-refractivity contribution in [2.24, 2.45) is 0 Å². The van der Waals surface area contributed by atoms with E-state index in [2.05, 4.69) is 5.32 Å². The second-order valence-electron chi connectivity index (χ2n) is 4.24. The van der Waals surface area contributed by atoms with Gasteiger partial charge < -0.3 is 5.32 Å². The maximum Gasteiger partial charge on any atom is 0.328 e. The summed E-state index contributed by atoms with van der Waals surface area (Å²) in [6, 6.07) is 0.707. The van der Waals surface area contributed by atoms with Crippen molar-refractivity contribution in [1.82, 2.24) is 10.0 Å². The van der Waals surface area contributed by atoms with E-state index in [-0.39, 0.29) is 21.5 Å². The van der Waals surface area contributed by atoms with E-state index < -0.39 is 21.9 Å². The summed E-state index contributed by atoms with van der Waals surface area (Å²) in [5.41, 5.74) is 0.174. The summed E-state index contributed by atoms with van der Waals surface area (Å²) in [4.78, 5) is 11.0. The minimum Gasteiger partial charge on any atom is -0.335 e. The molecule has 0 saturated carbocycles. The lowest BCUT2D eigenvalue weighted by molar-refractivity contribution is 0.243. The predicted octanol–water partition coefficient (Wildman–Crippen LogP) is 2.18. The summed E-state index contributed by atoms with van der Waals surface area (Å²) >= 11 is 5.71. The Kier molecular flexibility index (Phi) is 4.75. The van der Waals surface area contributed by atoms with E-state index in [0.717, 1.165) is 12.1 Å². The first kappa shape index (κ1) is 15.7. The molecule has 0 unspecified atom stereocenters. The van der Waals surface area contributed by atoms with Gasteiger partial charge in [-0.1, -0.05) is 11.6 Å². The van der Waals surface area contributed by atoms with Crippen LogP contribution in [0.1, 0.15) is 19.4 Å². The molecule has 1 rings (SSSR count). The van der Waals surface area contributed by atoms with Gasteiger partial charge in [-0.3, -0.25) is 0 Å². The third kappa shape index (κ3) is 4.07. The fourth-order valence-electron chi connectivity index (χ4n) is 1.37. The molecule has 2 N–H and O–H groups in total. The molecular weight excluding hydrogens is 295 g/mol. The van der Waals surface area contributed by atoms with Crippen LogP contribution in [0.2, 0.25) is 5.02 Å². The molecule has 106 valence electrons. The van der Waals surface area contributed by atoms with E-state index in [1.165, 1.54) is 6.92 Å². The van der Waals surface area contributed by atoms with Crippen molar-refractivity contribution < 1.29 is 17.6 Å². The molecule has 5 nitrogen and oxygen atoms in total. The molecule has 1 aromatic rings. The second-order valence-corrected chi connectivity index (χ2v) is 6.30. The Labute approximate surface area is 116 Å². The fourth-order valence-corrected chi connectivity index (χ4v) is 2.83. The normalized spacial score (nSPS) is 11.5. The highest BCUT2D eigenvalue weighted by molar-refractivity contribution is 7.90. The molecule has 0 radical (unpaired) electrons. The van der Waals surface area contributed by atoms with Crippen LogP contribution in [0.5, 0.6) is 0 Å². The van der Waals surface area contributed by atoms with Crippen LogP contribution in [0.25, 0.3) is 0 Å². The molecule has 1 aromatic carbocycles. The van der Waals surface area contributed by atoms with Gasteiger partial charge in [-0.15, -0.1) is 0 Å². The van der Waals surface area contributed by atoms with Crippen LogP contribution in [0.15, 0.2) is 17.0 Å². The molecule has 0 aliphatic rings. The summed E-state index contributed by atoms with van der Waals surface area (Å²) in [6.07, 6.45) is 0. The van der Waals surface area contributed by atoms with Crippen molar-refractivity contribution in [3.8, 4) is 0 Å². The standard InChI is InChI=1S/C11H14ClFN2O3S/c1-6(2)14-11(16)15-19(17,18)10-5-8(13)4-9(12)7(10)3/h4-6H,1-3H3,(H2,14,15,16). The lowest BCUT2D eigenvalue weighted by Gasteiger charge is -2.12. The van der Waals surface area contributed by atoms with E-state index in [1.54, 1.807) is 18.6 Å². The molecule has 8 heteroatoms. The van der Waals surface area contributed by atoms with Crippen LogP contribution >= 0.6 is 11.6 Å². The molecule has 0 aromatic heterocycles. The molecule has 0 fully saturated rings. The van der Waals surface area contributed by atoms with Crippen molar-refractivity contribution in [2.45, 2.75) is 31.7 Å². The zero-order valence-corrected chi connectivity index (χ0v) is 12.2. The largest absolute Gasteiger partial charge is 0.335 e. The Morgan fingerprint density at radius 2 is 1.95 bits per heavy atom. The molecule has 2 amide bonds. The SMILES string of the molecule is Cc1c(Cl)cc(F)cc1S(=O)(=O)NC(=O)NC(C)C. The quantitative estimate of drug-likeness (QED) is 0.898. The highest BCUT2D eigenvalue weighted by atomic mass is 35.5. The molecule has 0 atom stereocenters. The van der Waals surface area contributed by atoms with E-state index in [9.17, 15) is 17.6 Å². The average Bonchev–Trinajstić information content (AvgIpc) is 2.20. The highest BCUT2D eigenvalue weighted by Crippen LogP contribution is 2.24. The topological polar surface area (TPSA) is 75.3 Å². The Balaban J connectivity index is 3.11. The van der Waals surface area contributed by atoms with Gasteiger partial charge in [0.05, 0.1) is 4.90 Å². The number of urea groups is 1. The van der Waals surface area contributed by atoms with Crippen LogP contribution < -0.4 is 10.0 Å². The molecule has 0 aliphatic carbocycles. The lowest BCUT2D eigenvalue weighted by Crippen LogP contribution is -2.42. The Morgan fingerprint density at radius 1 is 1.37 bits per heavy atom. The van der Waals surface area contributed by atoms with E-state index in [4.69, 9.17) is 11.6 Å². The number of hydrogen-bond acceptors (Lipinski definition) is 3. The van der Waals surface area contributed by atoms with Crippen molar-refractivity contribution >= 4 is 27.7 Å². The Bertz CT molecular complexity index is 602. The van der Waals surface area contributed by atoms with Gasteiger partial charge in [0.15, 0.2) is 0 Å². The smallest absolute Gasteiger partial charge is 0.328 e. The zero-order valence-electron chi connectivity index (χ0n) is 10.6. The number of nitrogens with one attached hydrogen (secondary N) is 2. The Hall–Kier alpha value is -1.34. The molecule has 0 saturated heterocycles. The lowest BCUT2D eigenvalue weighted by atomic mass is 10.2. The van der Waals surface area contributed by atoms with Gasteiger partial charge in [-0.25, -0.2) is 22.3 Å². The van der Waals surface area contributed by atoms with Crippen molar-refractivity contribution in [3.63, 3.8) is 0 Å². The van der Waals surface area contributed by atoms with E-state index in [0.29, 0.717) is 0 Å². The first-order valence-corrected chi connectivity index (χ1v) is 7.28. The molecule has 0 heterocycles. The van der Waals surface area contributed by atoms with Gasteiger partial charge in [0.1, 0.15) is 5.82 Å². The molecule has 19 heavy (non-hydrogen) atoms. The van der Waals surface area contributed by atoms with Gasteiger partial charge in [0.2, 0.25) is 0 Å². The predicted molar refractivity (Wildman–Crippen MR) is 70.1 cm³/mol. The second kappa shape index (κ2) is 5.75. The first-order valence-electron chi connectivity index (χ1n) is 5.42. The average molecular weight is 309 g/mol. The third-order valence-electron chi connectivity index (χ3n) is 2.20. The summed E-state index contributed by atoms with van der Waals surface area (Å²) in [5, 5.41) is 2.34. The molecular formula is C11H14ClFN2O3S. The van der Waals surface area contributed by atoms with Crippen molar-refractivity contribution in [2.75, 3.05) is 0 Å². The minimum atomic E-state index is -4.17. The van der Waals surface area contributed by atoms with Crippen molar-refractivity contribution in [1.29, 1.82) is 0 Å².